The van der Waals surface area contributed by atoms with Gasteiger partial charge in [-0.05, 0) is 30.4 Å². The third-order valence-electron chi connectivity index (χ3n) is 4.31. The Kier molecular flexibility index (Phi) is 3.40. The first-order valence-corrected chi connectivity index (χ1v) is 7.12. The standard InChI is InChI=1S/C15H18ClNO/c16-15-4-2-1-3-14(15)11-5-6-12-9-13(18)7-8-17(12)10-11/h1-4,11-12H,5-10H2/t11-,12+/m0/s1. The summed E-state index contributed by atoms with van der Waals surface area (Å²) in [5.41, 5.74) is 1.27. The highest BCUT2D eigenvalue weighted by Crippen LogP contribution is 2.35. The highest BCUT2D eigenvalue weighted by Gasteiger charge is 2.33. The SMILES string of the molecule is O=C1CCN2C[C@@H](c3ccccc3Cl)CC[C@@H]2C1. The van der Waals surface area contributed by atoms with E-state index in [2.05, 4.69) is 17.0 Å². The molecule has 3 rings (SSSR count). The fourth-order valence-electron chi connectivity index (χ4n) is 3.30. The van der Waals surface area contributed by atoms with Crippen LogP contribution < -0.4 is 0 Å². The van der Waals surface area contributed by atoms with Crippen LogP contribution in [0.25, 0.3) is 0 Å². The van der Waals surface area contributed by atoms with Gasteiger partial charge < -0.3 is 0 Å². The van der Waals surface area contributed by atoms with Gasteiger partial charge in [-0.3, -0.25) is 9.69 Å². The lowest BCUT2D eigenvalue weighted by Crippen LogP contribution is -2.47. The van der Waals surface area contributed by atoms with E-state index in [9.17, 15) is 4.79 Å². The minimum absolute atomic E-state index is 0.437. The van der Waals surface area contributed by atoms with Crippen molar-refractivity contribution in [2.45, 2.75) is 37.6 Å². The van der Waals surface area contributed by atoms with Gasteiger partial charge in [0.15, 0.2) is 0 Å². The lowest BCUT2D eigenvalue weighted by atomic mass is 9.83. The van der Waals surface area contributed by atoms with Gasteiger partial charge in [0.05, 0.1) is 0 Å². The number of benzene rings is 1. The predicted molar refractivity (Wildman–Crippen MR) is 73.0 cm³/mol. The van der Waals surface area contributed by atoms with E-state index in [1.165, 1.54) is 5.56 Å². The lowest BCUT2D eigenvalue weighted by Gasteiger charge is -2.42. The maximum atomic E-state index is 11.5. The molecule has 1 aromatic rings. The molecule has 2 saturated heterocycles. The third-order valence-corrected chi connectivity index (χ3v) is 4.65. The van der Waals surface area contributed by atoms with Crippen molar-refractivity contribution in [3.63, 3.8) is 0 Å². The smallest absolute Gasteiger partial charge is 0.135 e. The molecule has 0 radical (unpaired) electrons. The molecule has 0 N–H and O–H groups in total. The Hall–Kier alpha value is -0.860. The van der Waals surface area contributed by atoms with E-state index in [1.54, 1.807) is 0 Å². The van der Waals surface area contributed by atoms with E-state index in [-0.39, 0.29) is 0 Å². The molecule has 0 spiro atoms. The summed E-state index contributed by atoms with van der Waals surface area (Å²) in [5.74, 6) is 0.968. The summed E-state index contributed by atoms with van der Waals surface area (Å²) in [7, 11) is 0. The van der Waals surface area contributed by atoms with Crippen LogP contribution in [0.5, 0.6) is 0 Å². The minimum Gasteiger partial charge on any atom is -0.300 e. The number of Topliss-reactive ketones (excluding diaryl/α,β-unsaturated/α-hetero) is 1. The average molecular weight is 264 g/mol. The maximum absolute atomic E-state index is 11.5. The van der Waals surface area contributed by atoms with E-state index in [1.807, 2.05) is 12.1 Å². The molecule has 2 fully saturated rings. The molecule has 0 amide bonds. The Labute approximate surface area is 113 Å². The summed E-state index contributed by atoms with van der Waals surface area (Å²) in [6.45, 7) is 1.99. The maximum Gasteiger partial charge on any atom is 0.135 e. The first kappa shape index (κ1) is 12.2. The van der Waals surface area contributed by atoms with Crippen molar-refractivity contribution in [3.8, 4) is 0 Å². The van der Waals surface area contributed by atoms with Crippen LogP contribution in [0, 0.1) is 0 Å². The summed E-state index contributed by atoms with van der Waals surface area (Å²) in [6.07, 6.45) is 3.76. The van der Waals surface area contributed by atoms with Gasteiger partial charge in [-0.1, -0.05) is 29.8 Å². The third kappa shape index (κ3) is 2.32. The molecule has 18 heavy (non-hydrogen) atoms. The van der Waals surface area contributed by atoms with Crippen LogP contribution in [0.15, 0.2) is 24.3 Å². The first-order valence-electron chi connectivity index (χ1n) is 6.74. The Morgan fingerprint density at radius 2 is 2.06 bits per heavy atom. The van der Waals surface area contributed by atoms with Crippen molar-refractivity contribution in [1.82, 2.24) is 4.90 Å². The summed E-state index contributed by atoms with van der Waals surface area (Å²) in [5, 5.41) is 0.883. The van der Waals surface area contributed by atoms with Crippen LogP contribution in [-0.2, 0) is 4.79 Å². The van der Waals surface area contributed by atoms with Gasteiger partial charge in [-0.25, -0.2) is 0 Å². The molecule has 0 bridgehead atoms. The van der Waals surface area contributed by atoms with Crippen LogP contribution in [0.4, 0.5) is 0 Å². The Bertz CT molecular complexity index is 460. The Morgan fingerprint density at radius 1 is 1.22 bits per heavy atom. The second-order valence-electron chi connectivity index (χ2n) is 5.44. The lowest BCUT2D eigenvalue weighted by molar-refractivity contribution is -0.124. The Balaban J connectivity index is 1.75. The largest absolute Gasteiger partial charge is 0.300 e. The highest BCUT2D eigenvalue weighted by molar-refractivity contribution is 6.31. The fourth-order valence-corrected chi connectivity index (χ4v) is 3.59. The van der Waals surface area contributed by atoms with E-state index < -0.39 is 0 Å². The minimum atomic E-state index is 0.437. The van der Waals surface area contributed by atoms with Gasteiger partial charge >= 0.3 is 0 Å². The van der Waals surface area contributed by atoms with Crippen molar-refractivity contribution in [3.05, 3.63) is 34.9 Å². The topological polar surface area (TPSA) is 20.3 Å². The molecule has 2 aliphatic rings. The molecule has 0 unspecified atom stereocenters. The summed E-state index contributed by atoms with van der Waals surface area (Å²) >= 11 is 6.28. The van der Waals surface area contributed by atoms with Crippen LogP contribution in [-0.4, -0.2) is 29.8 Å². The van der Waals surface area contributed by atoms with Crippen molar-refractivity contribution in [2.75, 3.05) is 13.1 Å². The van der Waals surface area contributed by atoms with Gasteiger partial charge in [0.25, 0.3) is 0 Å². The zero-order valence-corrected chi connectivity index (χ0v) is 11.2. The fraction of sp³-hybridized carbons (Fsp3) is 0.533. The number of piperidine rings is 2. The van der Waals surface area contributed by atoms with Crippen molar-refractivity contribution in [2.24, 2.45) is 0 Å². The molecule has 96 valence electrons. The highest BCUT2D eigenvalue weighted by atomic mass is 35.5. The average Bonchev–Trinajstić information content (AvgIpc) is 2.39. The molecule has 3 heteroatoms. The Morgan fingerprint density at radius 3 is 2.89 bits per heavy atom. The quantitative estimate of drug-likeness (QED) is 0.775. The summed E-state index contributed by atoms with van der Waals surface area (Å²) in [6, 6.07) is 8.65. The molecule has 2 aliphatic heterocycles. The number of carbonyl (C=O) groups excluding carboxylic acids is 1. The molecular weight excluding hydrogens is 246 g/mol. The van der Waals surface area contributed by atoms with Gasteiger partial charge in [0.2, 0.25) is 0 Å². The van der Waals surface area contributed by atoms with Crippen molar-refractivity contribution >= 4 is 17.4 Å². The van der Waals surface area contributed by atoms with Crippen LogP contribution in [0.2, 0.25) is 5.02 Å². The summed E-state index contributed by atoms with van der Waals surface area (Å²) in [4.78, 5) is 14.0. The van der Waals surface area contributed by atoms with Crippen LogP contribution in [0.3, 0.4) is 0 Å². The van der Waals surface area contributed by atoms with Crippen LogP contribution >= 0.6 is 11.6 Å². The number of rotatable bonds is 1. The molecule has 1 aromatic carbocycles. The zero-order chi connectivity index (χ0) is 12.5. The van der Waals surface area contributed by atoms with Crippen molar-refractivity contribution in [1.29, 1.82) is 0 Å². The van der Waals surface area contributed by atoms with Crippen LogP contribution in [0.1, 0.15) is 37.2 Å². The van der Waals surface area contributed by atoms with Gasteiger partial charge in [0.1, 0.15) is 5.78 Å². The molecule has 0 aromatic heterocycles. The van der Waals surface area contributed by atoms with E-state index >= 15 is 0 Å². The zero-order valence-electron chi connectivity index (χ0n) is 10.4. The predicted octanol–water partition coefficient (Wildman–Crippen LogP) is 3.25. The molecule has 2 heterocycles. The van der Waals surface area contributed by atoms with E-state index in [0.29, 0.717) is 17.7 Å². The molecule has 2 atom stereocenters. The normalized spacial score (nSPS) is 29.1. The monoisotopic (exact) mass is 263 g/mol. The number of ketones is 1. The van der Waals surface area contributed by atoms with Gasteiger partial charge in [0, 0.05) is 37.0 Å². The number of fused-ring (bicyclic) bond motifs is 1. The molecule has 0 aliphatic carbocycles. The number of halogens is 1. The first-order chi connectivity index (χ1) is 8.74. The summed E-state index contributed by atoms with van der Waals surface area (Å²) < 4.78 is 0. The molecule has 0 saturated carbocycles. The number of hydrogen-bond acceptors (Lipinski definition) is 2. The molecule has 2 nitrogen and oxygen atoms in total. The van der Waals surface area contributed by atoms with Crippen molar-refractivity contribution < 1.29 is 4.79 Å². The second kappa shape index (κ2) is 5.02. The van der Waals surface area contributed by atoms with Gasteiger partial charge in [-0.15, -0.1) is 0 Å². The number of carbonyl (C=O) groups is 1. The number of hydrogen-bond donors (Lipinski definition) is 0. The van der Waals surface area contributed by atoms with E-state index in [4.69, 9.17) is 11.6 Å². The second-order valence-corrected chi connectivity index (χ2v) is 5.84. The number of nitrogens with zero attached hydrogens (tertiary/aromatic N) is 1. The van der Waals surface area contributed by atoms with Gasteiger partial charge in [-0.2, -0.15) is 0 Å². The molecular formula is C15H18ClNO. The van der Waals surface area contributed by atoms with E-state index in [0.717, 1.165) is 43.8 Å².